The maximum atomic E-state index is 9.64. The Bertz CT molecular complexity index is 225. The molecule has 2 heterocycles. The highest BCUT2D eigenvalue weighted by Crippen LogP contribution is 2.22. The number of hydrogen-bond donors (Lipinski definition) is 1. The van der Waals surface area contributed by atoms with Crippen molar-refractivity contribution in [2.24, 2.45) is 0 Å². The van der Waals surface area contributed by atoms with Gasteiger partial charge in [0.1, 0.15) is 19.0 Å². The maximum Gasteiger partial charge on any atom is 0.147 e. The summed E-state index contributed by atoms with van der Waals surface area (Å²) in [5.41, 5.74) is 0.727. The second kappa shape index (κ2) is 3.26. The third kappa shape index (κ3) is 1.36. The van der Waals surface area contributed by atoms with Crippen LogP contribution in [0, 0.1) is 0 Å². The molecular formula is C8H10O4. The maximum absolute atomic E-state index is 9.64. The molecule has 0 spiro atoms. The van der Waals surface area contributed by atoms with Gasteiger partial charge in [-0.05, 0) is 6.07 Å². The number of ether oxygens (including phenoxy) is 2. The highest BCUT2D eigenvalue weighted by Gasteiger charge is 2.26. The van der Waals surface area contributed by atoms with Crippen molar-refractivity contribution >= 4 is 0 Å². The number of furan rings is 1. The summed E-state index contributed by atoms with van der Waals surface area (Å²) in [6.45, 7) is 0.700. The van der Waals surface area contributed by atoms with Crippen molar-refractivity contribution in [1.82, 2.24) is 0 Å². The van der Waals surface area contributed by atoms with Gasteiger partial charge in [0.25, 0.3) is 0 Å². The summed E-state index contributed by atoms with van der Waals surface area (Å²) in [5.74, 6) is 0. The lowest BCUT2D eigenvalue weighted by Gasteiger charge is -2.13. The quantitative estimate of drug-likeness (QED) is 0.709. The van der Waals surface area contributed by atoms with Crippen LogP contribution in [-0.2, 0) is 9.47 Å². The van der Waals surface area contributed by atoms with E-state index in [4.69, 9.17) is 13.9 Å². The fourth-order valence-electron chi connectivity index (χ4n) is 1.19. The molecule has 0 saturated carbocycles. The molecule has 66 valence electrons. The van der Waals surface area contributed by atoms with Crippen LogP contribution in [0.5, 0.6) is 0 Å². The van der Waals surface area contributed by atoms with Gasteiger partial charge in [-0.2, -0.15) is 0 Å². The SMILES string of the molecule is O[C@@H](c1ccoc1)[C@H]1COCO1. The summed E-state index contributed by atoms with van der Waals surface area (Å²) in [6, 6.07) is 1.71. The van der Waals surface area contributed by atoms with Gasteiger partial charge in [0.15, 0.2) is 0 Å². The van der Waals surface area contributed by atoms with Crippen LogP contribution in [0.3, 0.4) is 0 Å². The molecule has 1 aliphatic heterocycles. The molecular weight excluding hydrogens is 160 g/mol. The third-order valence-corrected chi connectivity index (χ3v) is 1.88. The largest absolute Gasteiger partial charge is 0.472 e. The molecule has 1 aromatic rings. The van der Waals surface area contributed by atoms with Crippen molar-refractivity contribution in [2.45, 2.75) is 12.2 Å². The molecule has 1 aromatic heterocycles. The molecule has 2 atom stereocenters. The molecule has 0 aliphatic carbocycles. The predicted molar refractivity (Wildman–Crippen MR) is 39.4 cm³/mol. The van der Waals surface area contributed by atoms with E-state index in [2.05, 4.69) is 0 Å². The van der Waals surface area contributed by atoms with Crippen molar-refractivity contribution < 1.29 is 19.0 Å². The number of rotatable bonds is 2. The summed E-state index contributed by atoms with van der Waals surface area (Å²) < 4.78 is 14.9. The predicted octanol–water partition coefficient (Wildman–Crippen LogP) is 0.686. The van der Waals surface area contributed by atoms with Gasteiger partial charge in [0.05, 0.1) is 19.1 Å². The molecule has 1 aliphatic rings. The lowest BCUT2D eigenvalue weighted by atomic mass is 10.1. The van der Waals surface area contributed by atoms with Crippen molar-refractivity contribution in [3.8, 4) is 0 Å². The Morgan fingerprint density at radius 2 is 2.50 bits per heavy atom. The highest BCUT2D eigenvalue weighted by atomic mass is 16.7. The topological polar surface area (TPSA) is 51.8 Å². The van der Waals surface area contributed by atoms with Gasteiger partial charge < -0.3 is 19.0 Å². The van der Waals surface area contributed by atoms with Gasteiger partial charge in [0, 0.05) is 5.56 Å². The molecule has 4 heteroatoms. The average Bonchev–Trinajstić information content (AvgIpc) is 2.77. The van der Waals surface area contributed by atoms with E-state index in [0.717, 1.165) is 5.56 Å². The zero-order valence-corrected chi connectivity index (χ0v) is 6.47. The summed E-state index contributed by atoms with van der Waals surface area (Å²) in [6.07, 6.45) is 2.12. The van der Waals surface area contributed by atoms with Crippen molar-refractivity contribution in [2.75, 3.05) is 13.4 Å². The van der Waals surface area contributed by atoms with E-state index in [1.165, 1.54) is 12.5 Å². The van der Waals surface area contributed by atoms with Gasteiger partial charge >= 0.3 is 0 Å². The second-order valence-electron chi connectivity index (χ2n) is 2.70. The summed E-state index contributed by atoms with van der Waals surface area (Å²) in [5, 5.41) is 9.64. The second-order valence-corrected chi connectivity index (χ2v) is 2.70. The summed E-state index contributed by atoms with van der Waals surface area (Å²) in [4.78, 5) is 0. The molecule has 12 heavy (non-hydrogen) atoms. The van der Waals surface area contributed by atoms with E-state index in [0.29, 0.717) is 6.61 Å². The zero-order chi connectivity index (χ0) is 8.39. The average molecular weight is 170 g/mol. The minimum absolute atomic E-state index is 0.261. The Kier molecular flexibility index (Phi) is 2.12. The van der Waals surface area contributed by atoms with Crippen LogP contribution in [0.15, 0.2) is 23.0 Å². The Morgan fingerprint density at radius 1 is 1.58 bits per heavy atom. The van der Waals surface area contributed by atoms with Crippen molar-refractivity contribution in [1.29, 1.82) is 0 Å². The van der Waals surface area contributed by atoms with Gasteiger partial charge in [-0.25, -0.2) is 0 Å². The summed E-state index contributed by atoms with van der Waals surface area (Å²) >= 11 is 0. The van der Waals surface area contributed by atoms with E-state index in [-0.39, 0.29) is 12.9 Å². The Morgan fingerprint density at radius 3 is 3.08 bits per heavy atom. The van der Waals surface area contributed by atoms with Crippen LogP contribution in [0.1, 0.15) is 11.7 Å². The minimum atomic E-state index is -0.647. The Labute approximate surface area is 69.7 Å². The molecule has 1 N–H and O–H groups in total. The van der Waals surface area contributed by atoms with Crippen LogP contribution >= 0.6 is 0 Å². The van der Waals surface area contributed by atoms with E-state index in [9.17, 15) is 5.11 Å². The first-order chi connectivity index (χ1) is 5.88. The lowest BCUT2D eigenvalue weighted by Crippen LogP contribution is -2.19. The number of aliphatic hydroxyl groups excluding tert-OH is 1. The fraction of sp³-hybridized carbons (Fsp3) is 0.500. The van der Waals surface area contributed by atoms with E-state index < -0.39 is 6.10 Å². The van der Waals surface area contributed by atoms with Crippen LogP contribution < -0.4 is 0 Å². The zero-order valence-electron chi connectivity index (χ0n) is 6.47. The van der Waals surface area contributed by atoms with E-state index in [1.54, 1.807) is 6.07 Å². The van der Waals surface area contributed by atoms with Crippen LogP contribution in [0.25, 0.3) is 0 Å². The molecule has 4 nitrogen and oxygen atoms in total. The number of hydrogen-bond acceptors (Lipinski definition) is 4. The molecule has 0 amide bonds. The van der Waals surface area contributed by atoms with E-state index >= 15 is 0 Å². The minimum Gasteiger partial charge on any atom is -0.472 e. The van der Waals surface area contributed by atoms with Crippen LogP contribution in [0.4, 0.5) is 0 Å². The van der Waals surface area contributed by atoms with Crippen molar-refractivity contribution in [3.63, 3.8) is 0 Å². The first-order valence-electron chi connectivity index (χ1n) is 3.77. The van der Waals surface area contributed by atoms with Gasteiger partial charge in [-0.15, -0.1) is 0 Å². The first kappa shape index (κ1) is 7.79. The fourth-order valence-corrected chi connectivity index (χ4v) is 1.19. The standard InChI is InChI=1S/C8H10O4/c9-8(6-1-2-10-3-6)7-4-11-5-12-7/h1-3,7-9H,4-5H2/t7-,8+/m1/s1. The Balaban J connectivity index is 2.04. The third-order valence-electron chi connectivity index (χ3n) is 1.88. The number of aliphatic hydroxyl groups is 1. The van der Waals surface area contributed by atoms with Gasteiger partial charge in [-0.1, -0.05) is 0 Å². The highest BCUT2D eigenvalue weighted by molar-refractivity contribution is 5.11. The molecule has 0 radical (unpaired) electrons. The monoisotopic (exact) mass is 170 g/mol. The normalized spacial score (nSPS) is 25.9. The Hall–Kier alpha value is -0.840. The van der Waals surface area contributed by atoms with Gasteiger partial charge in [0.2, 0.25) is 0 Å². The lowest BCUT2D eigenvalue weighted by molar-refractivity contribution is -0.0109. The van der Waals surface area contributed by atoms with Crippen molar-refractivity contribution in [3.05, 3.63) is 24.2 Å². The summed E-state index contributed by atoms with van der Waals surface area (Å²) in [7, 11) is 0. The molecule has 0 unspecified atom stereocenters. The van der Waals surface area contributed by atoms with E-state index in [1.807, 2.05) is 0 Å². The molecule has 1 saturated heterocycles. The first-order valence-corrected chi connectivity index (χ1v) is 3.77. The molecule has 0 bridgehead atoms. The molecule has 0 aromatic carbocycles. The van der Waals surface area contributed by atoms with Crippen LogP contribution in [-0.4, -0.2) is 24.6 Å². The molecule has 1 fully saturated rings. The smallest absolute Gasteiger partial charge is 0.147 e. The van der Waals surface area contributed by atoms with Gasteiger partial charge in [-0.3, -0.25) is 0 Å². The van der Waals surface area contributed by atoms with Crippen LogP contribution in [0.2, 0.25) is 0 Å². The molecule has 2 rings (SSSR count).